The second-order valence-corrected chi connectivity index (χ2v) is 6.22. The Labute approximate surface area is 113 Å². The molecule has 1 rings (SSSR count). The van der Waals surface area contributed by atoms with Crippen LogP contribution < -0.4 is 0 Å². The Morgan fingerprint density at radius 1 is 1.32 bits per heavy atom. The summed E-state index contributed by atoms with van der Waals surface area (Å²) in [5, 5.41) is 9.98. The van der Waals surface area contributed by atoms with E-state index < -0.39 is 34.7 Å². The molecule has 0 unspecified atom stereocenters. The summed E-state index contributed by atoms with van der Waals surface area (Å²) in [6.45, 7) is 7.83. The molecule has 6 nitrogen and oxygen atoms in total. The van der Waals surface area contributed by atoms with Gasteiger partial charge in [-0.25, -0.2) is 9.59 Å². The second kappa shape index (κ2) is 4.76. The predicted molar refractivity (Wildman–Crippen MR) is 66.3 cm³/mol. The van der Waals surface area contributed by atoms with Gasteiger partial charge in [0.25, 0.3) is 0 Å². The van der Waals surface area contributed by atoms with Gasteiger partial charge in [-0.05, 0) is 20.8 Å². The van der Waals surface area contributed by atoms with Gasteiger partial charge < -0.3 is 19.3 Å². The van der Waals surface area contributed by atoms with Crippen LogP contribution in [0.15, 0.2) is 0 Å². The number of aliphatic hydroxyl groups is 1. The minimum Gasteiger partial charge on any atom is -0.447 e. The highest BCUT2D eigenvalue weighted by atomic mass is 16.7. The zero-order valence-corrected chi connectivity index (χ0v) is 12.3. The summed E-state index contributed by atoms with van der Waals surface area (Å²) in [5.74, 6) is -1.43. The Morgan fingerprint density at radius 2 is 1.84 bits per heavy atom. The maximum absolute atomic E-state index is 12.1. The lowest BCUT2D eigenvalue weighted by Gasteiger charge is -2.44. The van der Waals surface area contributed by atoms with Gasteiger partial charge in [0, 0.05) is 12.5 Å². The van der Waals surface area contributed by atoms with Crippen molar-refractivity contribution < 1.29 is 28.9 Å². The maximum Gasteiger partial charge on any atom is 0.354 e. The highest BCUT2D eigenvalue weighted by molar-refractivity contribution is 5.91. The van der Waals surface area contributed by atoms with E-state index in [1.165, 1.54) is 27.9 Å². The number of hydrogen-bond acceptors (Lipinski definition) is 6. The minimum atomic E-state index is -1.70. The molecule has 0 bridgehead atoms. The summed E-state index contributed by atoms with van der Waals surface area (Å²) in [7, 11) is 1.50. The van der Waals surface area contributed by atoms with E-state index in [2.05, 4.69) is 0 Å². The van der Waals surface area contributed by atoms with Gasteiger partial charge in [-0.15, -0.1) is 0 Å². The minimum absolute atomic E-state index is 0.235. The Balaban J connectivity index is 3.01. The van der Waals surface area contributed by atoms with E-state index in [9.17, 15) is 14.7 Å². The average molecular weight is 274 g/mol. The first-order valence-corrected chi connectivity index (χ1v) is 6.11. The second-order valence-electron chi connectivity index (χ2n) is 6.22. The van der Waals surface area contributed by atoms with Crippen LogP contribution in [-0.2, 0) is 23.8 Å². The third-order valence-electron chi connectivity index (χ3n) is 3.53. The maximum atomic E-state index is 12.1. The fraction of sp³-hybridized carbons (Fsp3) is 0.846. The van der Waals surface area contributed by atoms with Crippen LogP contribution in [0.1, 0.15) is 34.6 Å². The molecule has 0 saturated carbocycles. The van der Waals surface area contributed by atoms with E-state index in [0.29, 0.717) is 0 Å². The summed E-state index contributed by atoms with van der Waals surface area (Å²) in [6, 6.07) is 0. The molecule has 1 saturated heterocycles. The van der Waals surface area contributed by atoms with Crippen molar-refractivity contribution in [1.82, 2.24) is 0 Å². The largest absolute Gasteiger partial charge is 0.447 e. The number of methoxy groups -OCH3 is 1. The topological polar surface area (TPSA) is 82.1 Å². The molecule has 1 fully saturated rings. The first kappa shape index (κ1) is 15.9. The molecule has 1 aliphatic heterocycles. The van der Waals surface area contributed by atoms with Crippen LogP contribution >= 0.6 is 0 Å². The smallest absolute Gasteiger partial charge is 0.354 e. The van der Waals surface area contributed by atoms with Crippen LogP contribution in [0.25, 0.3) is 0 Å². The molecule has 0 spiro atoms. The molecular weight excluding hydrogens is 252 g/mol. The van der Waals surface area contributed by atoms with Crippen molar-refractivity contribution >= 4 is 11.9 Å². The van der Waals surface area contributed by atoms with Crippen LogP contribution in [-0.4, -0.2) is 48.1 Å². The molecule has 6 heteroatoms. The third-order valence-corrected chi connectivity index (χ3v) is 3.53. The van der Waals surface area contributed by atoms with E-state index >= 15 is 0 Å². The zero-order valence-electron chi connectivity index (χ0n) is 12.3. The highest BCUT2D eigenvalue weighted by Crippen LogP contribution is 2.36. The van der Waals surface area contributed by atoms with Crippen molar-refractivity contribution in [2.45, 2.75) is 51.9 Å². The molecule has 19 heavy (non-hydrogen) atoms. The van der Waals surface area contributed by atoms with Gasteiger partial charge in [0.1, 0.15) is 5.60 Å². The lowest BCUT2D eigenvalue weighted by molar-refractivity contribution is -0.241. The summed E-state index contributed by atoms with van der Waals surface area (Å²) in [5.41, 5.74) is -3.94. The van der Waals surface area contributed by atoms with Gasteiger partial charge in [-0.2, -0.15) is 0 Å². The standard InChI is InChI=1S/C13H22O6/c1-11(2,7-17-6)8-9(14)19-13(5,10(15)18-8)12(3,4)16/h8,16H,7H2,1-6H3/t8-,13+/m1/s1. The van der Waals surface area contributed by atoms with Crippen LogP contribution in [0.2, 0.25) is 0 Å². The molecule has 0 aromatic carbocycles. The normalized spacial score (nSPS) is 28.9. The van der Waals surface area contributed by atoms with Gasteiger partial charge in [-0.1, -0.05) is 13.8 Å². The van der Waals surface area contributed by atoms with Crippen LogP contribution in [0, 0.1) is 5.41 Å². The molecule has 110 valence electrons. The molecule has 0 radical (unpaired) electrons. The number of hydrogen-bond donors (Lipinski definition) is 1. The van der Waals surface area contributed by atoms with E-state index in [4.69, 9.17) is 14.2 Å². The lowest BCUT2D eigenvalue weighted by atomic mass is 9.83. The molecule has 1 heterocycles. The number of rotatable bonds is 4. The van der Waals surface area contributed by atoms with Gasteiger partial charge in [0.05, 0.1) is 6.61 Å². The number of carbonyl (C=O) groups excluding carboxylic acids is 2. The van der Waals surface area contributed by atoms with E-state index in [1.807, 2.05) is 0 Å². The van der Waals surface area contributed by atoms with Crippen LogP contribution in [0.3, 0.4) is 0 Å². The van der Waals surface area contributed by atoms with Crippen molar-refractivity contribution in [3.63, 3.8) is 0 Å². The average Bonchev–Trinajstić information content (AvgIpc) is 2.21. The van der Waals surface area contributed by atoms with Crippen LogP contribution in [0.4, 0.5) is 0 Å². The fourth-order valence-electron chi connectivity index (χ4n) is 1.86. The molecule has 0 aromatic heterocycles. The predicted octanol–water partition coefficient (Wildman–Crippen LogP) is 0.657. The Morgan fingerprint density at radius 3 is 2.26 bits per heavy atom. The molecule has 0 aliphatic carbocycles. The molecular formula is C13H22O6. The Kier molecular flexibility index (Phi) is 3.98. The molecule has 1 aliphatic rings. The number of cyclic esters (lactones) is 2. The first-order valence-electron chi connectivity index (χ1n) is 6.11. The Bertz CT molecular complexity index is 381. The molecule has 1 N–H and O–H groups in total. The van der Waals surface area contributed by atoms with Crippen molar-refractivity contribution in [2.75, 3.05) is 13.7 Å². The summed E-state index contributed by atoms with van der Waals surface area (Å²) in [6.07, 6.45) is -1.05. The quantitative estimate of drug-likeness (QED) is 0.758. The van der Waals surface area contributed by atoms with Crippen molar-refractivity contribution in [3.8, 4) is 0 Å². The van der Waals surface area contributed by atoms with Crippen LogP contribution in [0.5, 0.6) is 0 Å². The monoisotopic (exact) mass is 274 g/mol. The third kappa shape index (κ3) is 2.74. The van der Waals surface area contributed by atoms with Gasteiger partial charge in [0.15, 0.2) is 0 Å². The summed E-state index contributed by atoms with van der Waals surface area (Å²) in [4.78, 5) is 24.1. The fourth-order valence-corrected chi connectivity index (χ4v) is 1.86. The van der Waals surface area contributed by atoms with E-state index in [1.54, 1.807) is 13.8 Å². The van der Waals surface area contributed by atoms with Crippen molar-refractivity contribution in [2.24, 2.45) is 5.41 Å². The summed E-state index contributed by atoms with van der Waals surface area (Å²) < 4.78 is 15.4. The van der Waals surface area contributed by atoms with Gasteiger partial charge in [-0.3, -0.25) is 0 Å². The molecule has 2 atom stereocenters. The van der Waals surface area contributed by atoms with Crippen molar-refractivity contribution in [3.05, 3.63) is 0 Å². The number of ether oxygens (including phenoxy) is 3. The van der Waals surface area contributed by atoms with E-state index in [-0.39, 0.29) is 6.61 Å². The lowest BCUT2D eigenvalue weighted by Crippen LogP contribution is -2.64. The van der Waals surface area contributed by atoms with Gasteiger partial charge >= 0.3 is 11.9 Å². The number of carbonyl (C=O) groups is 2. The van der Waals surface area contributed by atoms with E-state index in [0.717, 1.165) is 0 Å². The van der Waals surface area contributed by atoms with Gasteiger partial charge in [0.2, 0.25) is 11.7 Å². The number of esters is 2. The molecule has 0 aromatic rings. The highest BCUT2D eigenvalue weighted by Gasteiger charge is 2.58. The summed E-state index contributed by atoms with van der Waals surface area (Å²) >= 11 is 0. The Hall–Kier alpha value is -1.14. The molecule has 0 amide bonds. The zero-order chi connectivity index (χ0) is 15.1. The van der Waals surface area contributed by atoms with Crippen molar-refractivity contribution in [1.29, 1.82) is 0 Å². The SMILES string of the molecule is COCC(C)(C)[C@@H]1OC(=O)[C@@](C)(C(C)(C)O)OC1=O. The first-order chi connectivity index (χ1) is 8.45.